The predicted octanol–water partition coefficient (Wildman–Crippen LogP) is 2.54. The van der Waals surface area contributed by atoms with Crippen LogP contribution in [0.15, 0.2) is 68.7 Å². The van der Waals surface area contributed by atoms with Gasteiger partial charge in [-0.2, -0.15) is 8.42 Å². The quantitative estimate of drug-likeness (QED) is 0.684. The largest absolute Gasteiger partial charge is 0.358 e. The maximum absolute atomic E-state index is 12.5. The molecule has 0 aliphatic carbocycles. The monoisotopic (exact) mass is 395 g/mol. The second-order valence-corrected chi connectivity index (χ2v) is 7.08. The van der Waals surface area contributed by atoms with Crippen LogP contribution in [0.3, 0.4) is 0 Å². The van der Waals surface area contributed by atoms with Gasteiger partial charge >= 0.3 is 15.0 Å². The summed E-state index contributed by atoms with van der Waals surface area (Å²) in [7, 11) is -4.16. The van der Waals surface area contributed by atoms with Gasteiger partial charge in [-0.3, -0.25) is 9.35 Å². The lowest BCUT2D eigenvalue weighted by atomic mass is 10.2. The molecule has 118 valence electrons. The molecule has 0 radical (unpaired) electrons. The Morgan fingerprint density at radius 3 is 2.39 bits per heavy atom. The SMILES string of the molecule is O=S(=O)(Nc1ccc(Br)cc1)c1c(-c2ccccc2)no[n+]1[O-]. The van der Waals surface area contributed by atoms with E-state index in [1.54, 1.807) is 54.6 Å². The maximum Gasteiger partial charge on any atom is 0.337 e. The Hall–Kier alpha value is -2.39. The summed E-state index contributed by atoms with van der Waals surface area (Å²) in [5, 5.41) is 14.7. The number of rotatable bonds is 4. The summed E-state index contributed by atoms with van der Waals surface area (Å²) >= 11 is 3.26. The van der Waals surface area contributed by atoms with Gasteiger partial charge in [0.05, 0.1) is 0 Å². The van der Waals surface area contributed by atoms with Crippen LogP contribution in [0.2, 0.25) is 0 Å². The van der Waals surface area contributed by atoms with Crippen molar-refractivity contribution in [2.24, 2.45) is 0 Å². The first-order chi connectivity index (χ1) is 11.0. The lowest BCUT2D eigenvalue weighted by molar-refractivity contribution is -0.832. The number of sulfonamides is 1. The molecule has 0 saturated carbocycles. The maximum atomic E-state index is 12.5. The van der Waals surface area contributed by atoms with Crippen molar-refractivity contribution in [2.75, 3.05) is 4.72 Å². The average molecular weight is 396 g/mol. The summed E-state index contributed by atoms with van der Waals surface area (Å²) in [6.07, 6.45) is 0. The predicted molar refractivity (Wildman–Crippen MR) is 85.8 cm³/mol. The van der Waals surface area contributed by atoms with Gasteiger partial charge in [0, 0.05) is 20.9 Å². The van der Waals surface area contributed by atoms with Crippen molar-refractivity contribution in [3.05, 3.63) is 64.3 Å². The molecule has 0 unspecified atom stereocenters. The zero-order chi connectivity index (χ0) is 16.4. The molecule has 0 spiro atoms. The number of anilines is 1. The van der Waals surface area contributed by atoms with Crippen LogP contribution in [0, 0.1) is 5.21 Å². The second-order valence-electron chi connectivity index (χ2n) is 4.56. The lowest BCUT2D eigenvalue weighted by Crippen LogP contribution is -2.33. The number of nitrogens with zero attached hydrogens (tertiary/aromatic N) is 2. The Balaban J connectivity index is 2.04. The molecule has 23 heavy (non-hydrogen) atoms. The minimum absolute atomic E-state index is 0.0507. The first kappa shape index (κ1) is 15.5. The minimum Gasteiger partial charge on any atom is -0.358 e. The second kappa shape index (κ2) is 6.01. The number of halogens is 1. The molecule has 9 heteroatoms. The Morgan fingerprint density at radius 1 is 1.09 bits per heavy atom. The van der Waals surface area contributed by atoms with Gasteiger partial charge in [0.25, 0.3) is 5.69 Å². The summed E-state index contributed by atoms with van der Waals surface area (Å²) in [4.78, 5) is -0.122. The zero-order valence-corrected chi connectivity index (χ0v) is 13.9. The van der Waals surface area contributed by atoms with Crippen LogP contribution in [0.5, 0.6) is 0 Å². The fraction of sp³-hybridized carbons (Fsp3) is 0. The average Bonchev–Trinajstić information content (AvgIpc) is 2.93. The van der Waals surface area contributed by atoms with Gasteiger partial charge in [-0.15, -0.1) is 0 Å². The molecule has 0 saturated heterocycles. The number of hydrogen-bond acceptors (Lipinski definition) is 5. The fourth-order valence-corrected chi connectivity index (χ4v) is 3.41. The molecule has 2 aromatic carbocycles. The molecule has 0 amide bonds. The molecule has 3 aromatic rings. The highest BCUT2D eigenvalue weighted by molar-refractivity contribution is 9.10. The van der Waals surface area contributed by atoms with E-state index in [2.05, 4.69) is 30.4 Å². The molecule has 7 nitrogen and oxygen atoms in total. The third-order valence-corrected chi connectivity index (χ3v) is 4.86. The van der Waals surface area contributed by atoms with Crippen molar-refractivity contribution in [3.8, 4) is 11.3 Å². The summed E-state index contributed by atoms with van der Waals surface area (Å²) in [5.41, 5.74) is 0.723. The molecule has 1 N–H and O–H groups in total. The highest BCUT2D eigenvalue weighted by Crippen LogP contribution is 2.24. The Morgan fingerprint density at radius 2 is 1.74 bits per heavy atom. The van der Waals surface area contributed by atoms with Crippen LogP contribution in [0.1, 0.15) is 0 Å². The summed E-state index contributed by atoms with van der Waals surface area (Å²) in [6, 6.07) is 14.9. The molecular formula is C14H10BrN3O4S. The van der Waals surface area contributed by atoms with E-state index in [1.165, 1.54) is 0 Å². The van der Waals surface area contributed by atoms with Crippen molar-refractivity contribution in [1.82, 2.24) is 5.16 Å². The number of nitrogens with one attached hydrogen (secondary N) is 1. The van der Waals surface area contributed by atoms with Crippen LogP contribution in [0.4, 0.5) is 5.69 Å². The topological polar surface area (TPSA) is 99.1 Å². The molecule has 3 rings (SSSR count). The van der Waals surface area contributed by atoms with Gasteiger partial charge in [-0.1, -0.05) is 46.3 Å². The molecule has 0 atom stereocenters. The highest BCUT2D eigenvalue weighted by atomic mass is 79.9. The van der Waals surface area contributed by atoms with E-state index in [-0.39, 0.29) is 10.6 Å². The van der Waals surface area contributed by atoms with Crippen molar-refractivity contribution in [2.45, 2.75) is 5.03 Å². The molecule has 1 aromatic heterocycles. The van der Waals surface area contributed by atoms with Crippen molar-refractivity contribution >= 4 is 31.6 Å². The van der Waals surface area contributed by atoms with E-state index in [9.17, 15) is 13.6 Å². The van der Waals surface area contributed by atoms with Crippen LogP contribution in [-0.2, 0) is 10.0 Å². The fourth-order valence-electron chi connectivity index (χ4n) is 1.96. The first-order valence-electron chi connectivity index (χ1n) is 6.41. The third kappa shape index (κ3) is 3.20. The van der Waals surface area contributed by atoms with Crippen LogP contribution in [-0.4, -0.2) is 13.6 Å². The standard InChI is InChI=1S/C14H10BrN3O4S/c15-11-6-8-12(9-7-11)17-23(20,21)14-13(16-22-18(14)19)10-4-2-1-3-5-10/h1-9,17H. The smallest absolute Gasteiger partial charge is 0.337 e. The van der Waals surface area contributed by atoms with Gasteiger partial charge in [-0.05, 0) is 29.2 Å². The molecule has 1 heterocycles. The van der Waals surface area contributed by atoms with Gasteiger partial charge in [0.2, 0.25) is 0 Å². The van der Waals surface area contributed by atoms with E-state index < -0.39 is 15.0 Å². The summed E-state index contributed by atoms with van der Waals surface area (Å²) in [5.74, 6) is 0. The minimum atomic E-state index is -4.16. The normalized spacial score (nSPS) is 11.3. The van der Waals surface area contributed by atoms with E-state index in [0.29, 0.717) is 11.3 Å². The van der Waals surface area contributed by atoms with Gasteiger partial charge in [0.1, 0.15) is 0 Å². The molecule has 0 aliphatic heterocycles. The molecule has 0 aliphatic rings. The van der Waals surface area contributed by atoms with Crippen LogP contribution >= 0.6 is 15.9 Å². The van der Waals surface area contributed by atoms with E-state index in [1.807, 2.05) is 0 Å². The Kier molecular flexibility index (Phi) is 4.05. The van der Waals surface area contributed by atoms with Gasteiger partial charge in [-0.25, -0.2) is 0 Å². The Labute approximate surface area is 140 Å². The van der Waals surface area contributed by atoms with E-state index in [0.717, 1.165) is 4.47 Å². The number of hydrogen-bond donors (Lipinski definition) is 1. The van der Waals surface area contributed by atoms with Crippen molar-refractivity contribution in [3.63, 3.8) is 0 Å². The summed E-state index contributed by atoms with van der Waals surface area (Å²) < 4.78 is 32.6. The van der Waals surface area contributed by atoms with E-state index >= 15 is 0 Å². The van der Waals surface area contributed by atoms with Gasteiger partial charge < -0.3 is 5.21 Å². The third-order valence-electron chi connectivity index (χ3n) is 2.97. The van der Waals surface area contributed by atoms with Crippen molar-refractivity contribution in [1.29, 1.82) is 0 Å². The molecule has 0 bridgehead atoms. The molecule has 0 fully saturated rings. The van der Waals surface area contributed by atoms with Crippen molar-refractivity contribution < 1.29 is 17.9 Å². The highest BCUT2D eigenvalue weighted by Gasteiger charge is 2.33. The first-order valence-corrected chi connectivity index (χ1v) is 8.68. The zero-order valence-electron chi connectivity index (χ0n) is 11.5. The van der Waals surface area contributed by atoms with E-state index in [4.69, 9.17) is 0 Å². The van der Waals surface area contributed by atoms with Crippen LogP contribution in [0.25, 0.3) is 11.3 Å². The number of aromatic nitrogens is 2. The summed E-state index contributed by atoms with van der Waals surface area (Å²) in [6.45, 7) is 0. The molecular weight excluding hydrogens is 386 g/mol. The number of benzene rings is 2. The Bertz CT molecular complexity index is 924. The van der Waals surface area contributed by atoms with Gasteiger partial charge in [0.15, 0.2) is 0 Å². The lowest BCUT2D eigenvalue weighted by Gasteiger charge is -2.06. The van der Waals surface area contributed by atoms with Crippen LogP contribution < -0.4 is 9.63 Å².